The maximum Gasteiger partial charge on any atom is 0.332 e. The number of nitro groups is 1. The number of esters is 1. The van der Waals surface area contributed by atoms with Gasteiger partial charge in [-0.05, 0) is 18.1 Å². The molecule has 0 heterocycles. The largest absolute Gasteiger partial charge is 0.463 e. The summed E-state index contributed by atoms with van der Waals surface area (Å²) >= 11 is 0. The highest BCUT2D eigenvalue weighted by atomic mass is 16.6. The van der Waals surface area contributed by atoms with Gasteiger partial charge in [0.2, 0.25) is 0 Å². The first-order valence-electron chi connectivity index (χ1n) is 8.01. The van der Waals surface area contributed by atoms with E-state index in [1.807, 2.05) is 30.3 Å². The van der Waals surface area contributed by atoms with E-state index in [4.69, 9.17) is 4.74 Å². The van der Waals surface area contributed by atoms with Crippen molar-refractivity contribution >= 4 is 17.4 Å². The molecule has 6 nitrogen and oxygen atoms in total. The fourth-order valence-corrected chi connectivity index (χ4v) is 2.10. The van der Waals surface area contributed by atoms with Crippen LogP contribution in [0.15, 0.2) is 60.7 Å². The number of rotatable bonds is 6. The summed E-state index contributed by atoms with van der Waals surface area (Å²) in [6, 6.07) is 18.3. The van der Waals surface area contributed by atoms with Crippen LogP contribution in [0.5, 0.6) is 0 Å². The number of carbonyl (C=O) groups excluding carboxylic acids is 1. The Kier molecular flexibility index (Phi) is 6.95. The highest BCUT2D eigenvalue weighted by Crippen LogP contribution is 2.12. The van der Waals surface area contributed by atoms with Crippen LogP contribution in [0.3, 0.4) is 0 Å². The smallest absolute Gasteiger partial charge is 0.332 e. The number of carbonyl (C=O) groups is 1. The van der Waals surface area contributed by atoms with E-state index in [1.54, 1.807) is 19.1 Å². The number of hydrogen-bond donors (Lipinski definition) is 1. The Morgan fingerprint density at radius 1 is 1.19 bits per heavy atom. The minimum Gasteiger partial charge on any atom is -0.463 e. The van der Waals surface area contributed by atoms with Crippen LogP contribution in [-0.2, 0) is 16.0 Å². The van der Waals surface area contributed by atoms with Crippen LogP contribution in [-0.4, -0.2) is 17.5 Å². The maximum absolute atomic E-state index is 11.7. The molecule has 0 aromatic heterocycles. The minimum absolute atomic E-state index is 0.0450. The van der Waals surface area contributed by atoms with Crippen molar-refractivity contribution in [3.63, 3.8) is 0 Å². The van der Waals surface area contributed by atoms with Crippen molar-refractivity contribution in [2.45, 2.75) is 13.3 Å². The molecule has 0 saturated heterocycles. The van der Waals surface area contributed by atoms with Crippen molar-refractivity contribution in [3.8, 4) is 12.0 Å². The third-order valence-electron chi connectivity index (χ3n) is 3.36. The first kappa shape index (κ1) is 18.7. The van der Waals surface area contributed by atoms with Gasteiger partial charge in [-0.2, -0.15) is 0 Å². The van der Waals surface area contributed by atoms with Crippen LogP contribution in [0.1, 0.15) is 18.1 Å². The lowest BCUT2D eigenvalue weighted by Gasteiger charge is -2.06. The number of nitrogens with one attached hydrogen (secondary N) is 1. The van der Waals surface area contributed by atoms with E-state index >= 15 is 0 Å². The number of ether oxygens (including phenoxy) is 1. The van der Waals surface area contributed by atoms with Gasteiger partial charge in [-0.15, -0.1) is 0 Å². The topological polar surface area (TPSA) is 81.5 Å². The molecule has 2 rings (SSSR count). The van der Waals surface area contributed by atoms with Gasteiger partial charge in [-0.25, -0.2) is 4.79 Å². The summed E-state index contributed by atoms with van der Waals surface area (Å²) in [6.45, 7) is 2.04. The van der Waals surface area contributed by atoms with Crippen LogP contribution in [0.2, 0.25) is 0 Å². The molecule has 2 aromatic rings. The minimum atomic E-state index is -0.448. The Hall–Kier alpha value is -3.59. The van der Waals surface area contributed by atoms with E-state index in [0.717, 1.165) is 11.1 Å². The normalized spacial score (nSPS) is 10.4. The molecule has 1 N–H and O–H groups in total. The lowest BCUT2D eigenvalue weighted by atomic mass is 10.1. The van der Waals surface area contributed by atoms with Crippen molar-refractivity contribution in [2.75, 3.05) is 6.61 Å². The molecule has 0 aliphatic rings. The quantitative estimate of drug-likeness (QED) is 0.216. The fraction of sp³-hybridized carbons (Fsp3) is 0.150. The molecule has 0 amide bonds. The number of nitro benzene ring substituents is 1. The SMILES string of the molecule is CCOC(=O)/C=C(\NC#CCc1ccc([N+](=O)[O-])cc1)c1ccccc1. The van der Waals surface area contributed by atoms with E-state index in [9.17, 15) is 14.9 Å². The van der Waals surface area contributed by atoms with Gasteiger partial charge in [0.15, 0.2) is 0 Å². The van der Waals surface area contributed by atoms with Crippen molar-refractivity contribution in [2.24, 2.45) is 0 Å². The average Bonchev–Trinajstić information content (AvgIpc) is 2.65. The zero-order valence-corrected chi connectivity index (χ0v) is 14.3. The second-order valence-electron chi connectivity index (χ2n) is 5.20. The Morgan fingerprint density at radius 2 is 1.88 bits per heavy atom. The molecule has 2 aromatic carbocycles. The fourth-order valence-electron chi connectivity index (χ4n) is 2.10. The summed E-state index contributed by atoms with van der Waals surface area (Å²) in [6.07, 6.45) is 1.78. The van der Waals surface area contributed by atoms with E-state index in [0.29, 0.717) is 18.7 Å². The van der Waals surface area contributed by atoms with E-state index in [-0.39, 0.29) is 5.69 Å². The summed E-state index contributed by atoms with van der Waals surface area (Å²) in [7, 11) is 0. The van der Waals surface area contributed by atoms with Crippen molar-refractivity contribution < 1.29 is 14.5 Å². The second-order valence-corrected chi connectivity index (χ2v) is 5.20. The zero-order chi connectivity index (χ0) is 18.8. The Morgan fingerprint density at radius 3 is 2.50 bits per heavy atom. The summed E-state index contributed by atoms with van der Waals surface area (Å²) in [4.78, 5) is 21.9. The summed E-state index contributed by atoms with van der Waals surface area (Å²) in [5, 5.41) is 13.6. The van der Waals surface area contributed by atoms with Crippen LogP contribution in [0.25, 0.3) is 5.70 Å². The van der Waals surface area contributed by atoms with Gasteiger partial charge in [0, 0.05) is 30.7 Å². The number of non-ortho nitro benzene ring substituents is 1. The number of hydrogen-bond acceptors (Lipinski definition) is 5. The third kappa shape index (κ3) is 5.80. The molecule has 26 heavy (non-hydrogen) atoms. The molecule has 6 heteroatoms. The summed E-state index contributed by atoms with van der Waals surface area (Å²) in [5.41, 5.74) is 2.26. The Balaban J connectivity index is 2.06. The van der Waals surface area contributed by atoms with Gasteiger partial charge in [0.25, 0.3) is 5.69 Å². The molecule has 0 radical (unpaired) electrons. The highest BCUT2D eigenvalue weighted by Gasteiger charge is 2.05. The average molecular weight is 350 g/mol. The monoisotopic (exact) mass is 350 g/mol. The van der Waals surface area contributed by atoms with Crippen molar-refractivity contribution in [1.82, 2.24) is 5.32 Å². The van der Waals surface area contributed by atoms with E-state index in [1.165, 1.54) is 18.2 Å². The van der Waals surface area contributed by atoms with Gasteiger partial charge >= 0.3 is 5.97 Å². The molecule has 0 unspecified atom stereocenters. The van der Waals surface area contributed by atoms with Crippen molar-refractivity contribution in [1.29, 1.82) is 0 Å². The molecule has 0 aliphatic carbocycles. The third-order valence-corrected chi connectivity index (χ3v) is 3.36. The number of nitrogens with zero attached hydrogens (tertiary/aromatic N) is 1. The van der Waals surface area contributed by atoms with Crippen LogP contribution < -0.4 is 5.32 Å². The molecule has 132 valence electrons. The number of benzene rings is 2. The Labute approximate surface area is 151 Å². The standard InChI is InChI=1S/C20H18N2O4/c1-2-26-20(23)15-19(17-8-4-3-5-9-17)21-14-6-7-16-10-12-18(13-11-16)22(24)25/h3-5,8-13,15,21H,2,7H2,1H3/b19-15-. The molecule has 0 spiro atoms. The second kappa shape index (κ2) is 9.64. The lowest BCUT2D eigenvalue weighted by Crippen LogP contribution is -2.09. The van der Waals surface area contributed by atoms with Crippen LogP contribution >= 0.6 is 0 Å². The molecule has 0 atom stereocenters. The molecule has 0 saturated carbocycles. The predicted molar refractivity (Wildman–Crippen MR) is 98.8 cm³/mol. The van der Waals surface area contributed by atoms with Gasteiger partial charge in [0.1, 0.15) is 0 Å². The highest BCUT2D eigenvalue weighted by molar-refractivity contribution is 5.91. The van der Waals surface area contributed by atoms with E-state index in [2.05, 4.69) is 17.3 Å². The zero-order valence-electron chi connectivity index (χ0n) is 14.3. The lowest BCUT2D eigenvalue weighted by molar-refractivity contribution is -0.384. The molecular weight excluding hydrogens is 332 g/mol. The molecule has 0 aliphatic heterocycles. The van der Waals surface area contributed by atoms with Crippen molar-refractivity contribution in [3.05, 3.63) is 81.9 Å². The Bertz CT molecular complexity index is 847. The summed E-state index contributed by atoms with van der Waals surface area (Å²) < 4.78 is 4.94. The van der Waals surface area contributed by atoms with Crippen LogP contribution in [0.4, 0.5) is 5.69 Å². The van der Waals surface area contributed by atoms with Crippen LogP contribution in [0, 0.1) is 22.1 Å². The molecule has 0 bridgehead atoms. The maximum atomic E-state index is 11.7. The molecule has 0 fully saturated rings. The summed E-state index contributed by atoms with van der Waals surface area (Å²) in [5.74, 6) is 2.48. The van der Waals surface area contributed by atoms with Gasteiger partial charge in [-0.1, -0.05) is 48.4 Å². The van der Waals surface area contributed by atoms with E-state index < -0.39 is 10.9 Å². The van der Waals surface area contributed by atoms with Gasteiger partial charge < -0.3 is 10.1 Å². The first-order chi connectivity index (χ1) is 12.6. The van der Waals surface area contributed by atoms with Gasteiger partial charge in [-0.3, -0.25) is 10.1 Å². The predicted octanol–water partition coefficient (Wildman–Crippen LogP) is 3.29. The molecular formula is C20H18N2O4. The van der Waals surface area contributed by atoms with Gasteiger partial charge in [0.05, 0.1) is 17.2 Å². The first-order valence-corrected chi connectivity index (χ1v) is 8.01.